The van der Waals surface area contributed by atoms with Crippen LogP contribution >= 0.6 is 0 Å². The molecular weight excluding hydrogens is 138 g/mol. The Hall–Kier alpha value is 0.230. The minimum Gasteiger partial charge on any atom is -0.598 e. The van der Waals surface area contributed by atoms with E-state index in [2.05, 4.69) is 4.72 Å². The maximum atomic E-state index is 10.9. The first-order valence-corrected chi connectivity index (χ1v) is 4.31. The lowest BCUT2D eigenvalue weighted by Gasteiger charge is -2.07. The van der Waals surface area contributed by atoms with Crippen LogP contribution < -0.4 is 4.72 Å². The highest BCUT2D eigenvalue weighted by molar-refractivity contribution is 7.90. The largest absolute Gasteiger partial charge is 0.598 e. The van der Waals surface area contributed by atoms with Crippen LogP contribution in [0.5, 0.6) is 0 Å². The second-order valence-electron chi connectivity index (χ2n) is 2.11. The standard InChI is InChI=1S/C5H11NO2S/c7-4-3-6-9(8)5-1-2-5/h5-7H,1-4H2. The van der Waals surface area contributed by atoms with Crippen molar-refractivity contribution in [2.75, 3.05) is 13.2 Å². The first-order chi connectivity index (χ1) is 4.34. The third kappa shape index (κ3) is 2.53. The summed E-state index contributed by atoms with van der Waals surface area (Å²) in [4.78, 5) is 0. The molecule has 4 heteroatoms. The van der Waals surface area contributed by atoms with Crippen LogP contribution in [0.15, 0.2) is 0 Å². The third-order valence-electron chi connectivity index (χ3n) is 1.18. The summed E-state index contributed by atoms with van der Waals surface area (Å²) < 4.78 is 13.6. The van der Waals surface area contributed by atoms with Gasteiger partial charge in [-0.2, -0.15) is 0 Å². The lowest BCUT2D eigenvalue weighted by atomic mass is 10.8. The number of aliphatic hydroxyl groups excluding tert-OH is 1. The fraction of sp³-hybridized carbons (Fsp3) is 1.00. The molecule has 0 aliphatic heterocycles. The Morgan fingerprint density at radius 1 is 1.67 bits per heavy atom. The van der Waals surface area contributed by atoms with Crippen molar-refractivity contribution in [2.24, 2.45) is 0 Å². The van der Waals surface area contributed by atoms with E-state index in [1.807, 2.05) is 0 Å². The zero-order valence-corrected chi connectivity index (χ0v) is 5.99. The van der Waals surface area contributed by atoms with Crippen LogP contribution in [-0.2, 0) is 11.4 Å². The molecule has 9 heavy (non-hydrogen) atoms. The summed E-state index contributed by atoms with van der Waals surface area (Å²) in [6.07, 6.45) is 2.15. The topological polar surface area (TPSA) is 55.3 Å². The van der Waals surface area contributed by atoms with E-state index in [9.17, 15) is 4.55 Å². The maximum Gasteiger partial charge on any atom is 0.135 e. The van der Waals surface area contributed by atoms with E-state index >= 15 is 0 Å². The molecule has 0 aromatic heterocycles. The van der Waals surface area contributed by atoms with E-state index in [0.29, 0.717) is 11.8 Å². The molecule has 1 rings (SSSR count). The summed E-state index contributed by atoms with van der Waals surface area (Å²) >= 11 is -0.871. The lowest BCUT2D eigenvalue weighted by molar-refractivity contribution is 0.301. The molecule has 0 radical (unpaired) electrons. The average Bonchev–Trinajstić information content (AvgIpc) is 2.63. The van der Waals surface area contributed by atoms with Gasteiger partial charge in [-0.25, -0.2) is 0 Å². The summed E-state index contributed by atoms with van der Waals surface area (Å²) in [5, 5.41) is 8.69. The van der Waals surface area contributed by atoms with Crippen LogP contribution in [0, 0.1) is 0 Å². The minimum absolute atomic E-state index is 0.0679. The van der Waals surface area contributed by atoms with Crippen LogP contribution in [-0.4, -0.2) is 28.1 Å². The molecule has 1 fully saturated rings. The number of nitrogens with one attached hydrogen (secondary N) is 1. The van der Waals surface area contributed by atoms with Crippen molar-refractivity contribution in [3.63, 3.8) is 0 Å². The third-order valence-corrected chi connectivity index (χ3v) is 2.75. The Morgan fingerprint density at radius 3 is 2.78 bits per heavy atom. The van der Waals surface area contributed by atoms with E-state index in [1.165, 1.54) is 0 Å². The monoisotopic (exact) mass is 149 g/mol. The van der Waals surface area contributed by atoms with Gasteiger partial charge in [0, 0.05) is 24.2 Å². The minimum atomic E-state index is -0.871. The predicted octanol–water partition coefficient (Wildman–Crippen LogP) is -0.606. The Balaban J connectivity index is 1.96. The molecule has 0 aromatic rings. The van der Waals surface area contributed by atoms with Crippen molar-refractivity contribution < 1.29 is 9.66 Å². The van der Waals surface area contributed by atoms with Crippen molar-refractivity contribution in [2.45, 2.75) is 18.1 Å². The van der Waals surface area contributed by atoms with Crippen molar-refractivity contribution in [3.05, 3.63) is 0 Å². The van der Waals surface area contributed by atoms with Gasteiger partial charge >= 0.3 is 0 Å². The SMILES string of the molecule is [O-][S+](NCCO)C1CC1. The van der Waals surface area contributed by atoms with Crippen molar-refractivity contribution in [3.8, 4) is 0 Å². The van der Waals surface area contributed by atoms with Gasteiger partial charge in [0.15, 0.2) is 0 Å². The number of hydrogen-bond donors (Lipinski definition) is 2. The second kappa shape index (κ2) is 3.41. The molecule has 0 amide bonds. The van der Waals surface area contributed by atoms with E-state index in [4.69, 9.17) is 5.11 Å². The van der Waals surface area contributed by atoms with Crippen LogP contribution in [0.4, 0.5) is 0 Å². The van der Waals surface area contributed by atoms with Gasteiger partial charge in [-0.05, 0) is 0 Å². The van der Waals surface area contributed by atoms with Gasteiger partial charge < -0.3 is 9.66 Å². The van der Waals surface area contributed by atoms with Crippen molar-refractivity contribution in [1.29, 1.82) is 0 Å². The number of hydrogen-bond acceptors (Lipinski definition) is 3. The van der Waals surface area contributed by atoms with Gasteiger partial charge in [0.05, 0.1) is 13.2 Å². The van der Waals surface area contributed by atoms with Crippen molar-refractivity contribution in [1.82, 2.24) is 4.72 Å². The Labute approximate surface area is 57.8 Å². The molecule has 0 aromatic carbocycles. The number of rotatable bonds is 4. The van der Waals surface area contributed by atoms with Gasteiger partial charge in [0.25, 0.3) is 0 Å². The summed E-state index contributed by atoms with van der Waals surface area (Å²) in [6, 6.07) is 0. The molecule has 1 saturated carbocycles. The van der Waals surface area contributed by atoms with E-state index in [0.717, 1.165) is 12.8 Å². The summed E-state index contributed by atoms with van der Waals surface area (Å²) in [7, 11) is 0. The highest BCUT2D eigenvalue weighted by Crippen LogP contribution is 2.26. The van der Waals surface area contributed by atoms with Gasteiger partial charge in [-0.3, -0.25) is 0 Å². The lowest BCUT2D eigenvalue weighted by Crippen LogP contribution is -2.29. The van der Waals surface area contributed by atoms with Gasteiger partial charge in [-0.15, -0.1) is 4.72 Å². The second-order valence-corrected chi connectivity index (χ2v) is 3.66. The van der Waals surface area contributed by atoms with Crippen LogP contribution in [0.1, 0.15) is 12.8 Å². The molecule has 0 spiro atoms. The fourth-order valence-electron chi connectivity index (χ4n) is 0.546. The molecule has 1 atom stereocenters. The predicted molar refractivity (Wildman–Crippen MR) is 36.3 cm³/mol. The first-order valence-electron chi connectivity index (χ1n) is 3.09. The molecule has 1 aliphatic rings. The normalized spacial score (nSPS) is 22.0. The van der Waals surface area contributed by atoms with E-state index in [-0.39, 0.29) is 6.61 Å². The zero-order chi connectivity index (χ0) is 6.69. The molecule has 0 saturated heterocycles. The summed E-state index contributed by atoms with van der Waals surface area (Å²) in [5.74, 6) is 0. The average molecular weight is 149 g/mol. The molecule has 3 nitrogen and oxygen atoms in total. The molecule has 1 unspecified atom stereocenters. The van der Waals surface area contributed by atoms with Gasteiger partial charge in [0.1, 0.15) is 5.25 Å². The Bertz CT molecular complexity index is 87.0. The molecule has 0 heterocycles. The highest BCUT2D eigenvalue weighted by atomic mass is 32.2. The molecule has 54 valence electrons. The van der Waals surface area contributed by atoms with E-state index < -0.39 is 11.4 Å². The van der Waals surface area contributed by atoms with Crippen LogP contribution in [0.3, 0.4) is 0 Å². The van der Waals surface area contributed by atoms with E-state index in [1.54, 1.807) is 0 Å². The molecule has 0 bridgehead atoms. The Kier molecular flexibility index (Phi) is 2.78. The van der Waals surface area contributed by atoms with Crippen molar-refractivity contribution >= 4 is 11.4 Å². The van der Waals surface area contributed by atoms with Gasteiger partial charge in [-0.1, -0.05) is 0 Å². The Morgan fingerprint density at radius 2 is 2.33 bits per heavy atom. The summed E-state index contributed by atoms with van der Waals surface area (Å²) in [5.41, 5.74) is 0. The smallest absolute Gasteiger partial charge is 0.135 e. The van der Waals surface area contributed by atoms with Crippen LogP contribution in [0.2, 0.25) is 0 Å². The molecular formula is C5H11NO2S. The molecule has 2 N–H and O–H groups in total. The van der Waals surface area contributed by atoms with Crippen LogP contribution in [0.25, 0.3) is 0 Å². The number of aliphatic hydroxyl groups is 1. The molecule has 1 aliphatic carbocycles. The van der Waals surface area contributed by atoms with Gasteiger partial charge in [0.2, 0.25) is 0 Å². The first kappa shape index (κ1) is 7.34. The highest BCUT2D eigenvalue weighted by Gasteiger charge is 2.34. The fourth-order valence-corrected chi connectivity index (χ4v) is 1.64. The maximum absolute atomic E-state index is 10.9. The zero-order valence-electron chi connectivity index (χ0n) is 5.17. The summed E-state index contributed by atoms with van der Waals surface area (Å²) in [6.45, 7) is 0.515. The quantitative estimate of drug-likeness (QED) is 0.524.